The molecule has 1 unspecified atom stereocenters. The van der Waals surface area contributed by atoms with Gasteiger partial charge in [-0.25, -0.2) is 9.37 Å². The van der Waals surface area contributed by atoms with E-state index in [1.165, 1.54) is 23.3 Å². The van der Waals surface area contributed by atoms with Crippen molar-refractivity contribution in [3.05, 3.63) is 76.2 Å². The number of hydrogen-bond donors (Lipinski definition) is 1. The molecule has 5 heteroatoms. The first-order valence-electron chi connectivity index (χ1n) is 9.67. The van der Waals surface area contributed by atoms with E-state index in [4.69, 9.17) is 9.97 Å². The van der Waals surface area contributed by atoms with Crippen LogP contribution in [0.1, 0.15) is 40.9 Å². The summed E-state index contributed by atoms with van der Waals surface area (Å²) in [6, 6.07) is 13.5. The fraction of sp³-hybridized carbons (Fsp3) is 0.304. The van der Waals surface area contributed by atoms with Gasteiger partial charge in [0, 0.05) is 23.5 Å². The molecule has 3 aromatic rings. The van der Waals surface area contributed by atoms with Crippen LogP contribution in [0.2, 0.25) is 0 Å². The third-order valence-corrected chi connectivity index (χ3v) is 5.67. The van der Waals surface area contributed by atoms with Gasteiger partial charge in [0.25, 0.3) is 0 Å². The second kappa shape index (κ2) is 7.23. The van der Waals surface area contributed by atoms with Crippen LogP contribution in [0.4, 0.5) is 21.8 Å². The Morgan fingerprint density at radius 3 is 2.64 bits per heavy atom. The summed E-state index contributed by atoms with van der Waals surface area (Å²) in [6.07, 6.45) is 0.983. The number of aryl methyl sites for hydroxylation is 2. The number of fused-ring (bicyclic) bond motifs is 1. The molecule has 0 amide bonds. The Balaban J connectivity index is 1.70. The Bertz CT molecular complexity index is 1030. The zero-order valence-electron chi connectivity index (χ0n) is 16.8. The van der Waals surface area contributed by atoms with Crippen molar-refractivity contribution in [2.45, 2.75) is 40.2 Å². The van der Waals surface area contributed by atoms with E-state index in [1.54, 1.807) is 6.07 Å². The highest BCUT2D eigenvalue weighted by molar-refractivity contribution is 5.64. The summed E-state index contributed by atoms with van der Waals surface area (Å²) in [4.78, 5) is 11.9. The van der Waals surface area contributed by atoms with Crippen molar-refractivity contribution in [2.24, 2.45) is 0 Å². The SMILES string of the molecule is Cc1cc(F)ccc1Nc1nc(N2CCc3ccccc3C2C)nc(C)c1C. The second-order valence-corrected chi connectivity index (χ2v) is 7.49. The molecular weight excluding hydrogens is 351 g/mol. The van der Waals surface area contributed by atoms with Crippen molar-refractivity contribution in [1.29, 1.82) is 0 Å². The molecule has 1 aliphatic heterocycles. The highest BCUT2D eigenvalue weighted by Gasteiger charge is 2.26. The van der Waals surface area contributed by atoms with Gasteiger partial charge in [-0.1, -0.05) is 24.3 Å². The van der Waals surface area contributed by atoms with Crippen molar-refractivity contribution in [2.75, 3.05) is 16.8 Å². The third kappa shape index (κ3) is 3.33. The average Bonchev–Trinajstić information content (AvgIpc) is 2.68. The number of anilines is 3. The van der Waals surface area contributed by atoms with Crippen LogP contribution in [0.25, 0.3) is 0 Å². The minimum atomic E-state index is -0.236. The number of hydrogen-bond acceptors (Lipinski definition) is 4. The monoisotopic (exact) mass is 376 g/mol. The lowest BCUT2D eigenvalue weighted by Gasteiger charge is -2.35. The molecule has 1 N–H and O–H groups in total. The van der Waals surface area contributed by atoms with Crippen molar-refractivity contribution < 1.29 is 4.39 Å². The zero-order chi connectivity index (χ0) is 19.8. The lowest BCUT2D eigenvalue weighted by atomic mass is 9.94. The van der Waals surface area contributed by atoms with Gasteiger partial charge in [-0.15, -0.1) is 0 Å². The second-order valence-electron chi connectivity index (χ2n) is 7.49. The summed E-state index contributed by atoms with van der Waals surface area (Å²) in [7, 11) is 0. The molecule has 4 rings (SSSR count). The van der Waals surface area contributed by atoms with Crippen LogP contribution in [-0.4, -0.2) is 16.5 Å². The molecule has 0 saturated carbocycles. The first-order valence-corrected chi connectivity index (χ1v) is 9.67. The van der Waals surface area contributed by atoms with Gasteiger partial charge in [0.1, 0.15) is 11.6 Å². The molecule has 4 nitrogen and oxygen atoms in total. The van der Waals surface area contributed by atoms with Crippen LogP contribution in [0.15, 0.2) is 42.5 Å². The molecule has 2 aromatic carbocycles. The maximum absolute atomic E-state index is 13.4. The number of nitrogens with zero attached hydrogens (tertiary/aromatic N) is 3. The Morgan fingerprint density at radius 2 is 1.86 bits per heavy atom. The Hall–Kier alpha value is -2.95. The average molecular weight is 376 g/mol. The molecule has 0 aliphatic carbocycles. The molecule has 144 valence electrons. The third-order valence-electron chi connectivity index (χ3n) is 5.67. The summed E-state index contributed by atoms with van der Waals surface area (Å²) in [5.74, 6) is 1.26. The predicted octanol–water partition coefficient (Wildman–Crippen LogP) is 5.41. The van der Waals surface area contributed by atoms with Gasteiger partial charge in [-0.05, 0) is 69.0 Å². The number of halogens is 1. The van der Waals surface area contributed by atoms with E-state index >= 15 is 0 Å². The van der Waals surface area contributed by atoms with E-state index in [1.807, 2.05) is 20.8 Å². The highest BCUT2D eigenvalue weighted by Crippen LogP contribution is 2.33. The van der Waals surface area contributed by atoms with Crippen LogP contribution >= 0.6 is 0 Å². The van der Waals surface area contributed by atoms with Crippen molar-refractivity contribution in [1.82, 2.24) is 9.97 Å². The molecular formula is C23H25FN4. The van der Waals surface area contributed by atoms with Gasteiger partial charge in [-0.3, -0.25) is 0 Å². The number of nitrogens with one attached hydrogen (secondary N) is 1. The van der Waals surface area contributed by atoms with Gasteiger partial charge < -0.3 is 10.2 Å². The van der Waals surface area contributed by atoms with E-state index in [2.05, 4.69) is 41.4 Å². The van der Waals surface area contributed by atoms with Gasteiger partial charge in [0.05, 0.1) is 6.04 Å². The van der Waals surface area contributed by atoms with Crippen molar-refractivity contribution in [3.8, 4) is 0 Å². The quantitative estimate of drug-likeness (QED) is 0.664. The van der Waals surface area contributed by atoms with Gasteiger partial charge in [0.2, 0.25) is 5.95 Å². The fourth-order valence-electron chi connectivity index (χ4n) is 3.80. The summed E-state index contributed by atoms with van der Waals surface area (Å²) in [5, 5.41) is 3.38. The molecule has 0 radical (unpaired) electrons. The minimum absolute atomic E-state index is 0.215. The summed E-state index contributed by atoms with van der Waals surface area (Å²) >= 11 is 0. The van der Waals surface area contributed by atoms with E-state index in [0.29, 0.717) is 0 Å². The Kier molecular flexibility index (Phi) is 4.75. The molecule has 0 fully saturated rings. The maximum atomic E-state index is 13.4. The predicted molar refractivity (Wildman–Crippen MR) is 112 cm³/mol. The lowest BCUT2D eigenvalue weighted by Crippen LogP contribution is -2.35. The standard InChI is InChI=1S/C23H25FN4/c1-14-13-19(24)9-10-21(14)26-22-15(2)16(3)25-23(27-22)28-12-11-18-7-5-6-8-20(18)17(28)4/h5-10,13,17H,11-12H2,1-4H3,(H,25,26,27). The topological polar surface area (TPSA) is 41.1 Å². The summed E-state index contributed by atoms with van der Waals surface area (Å²) in [6.45, 7) is 8.99. The maximum Gasteiger partial charge on any atom is 0.228 e. The molecule has 0 spiro atoms. The normalized spacial score (nSPS) is 16.0. The minimum Gasteiger partial charge on any atom is -0.340 e. The molecule has 1 atom stereocenters. The van der Waals surface area contributed by atoms with Crippen molar-refractivity contribution >= 4 is 17.5 Å². The van der Waals surface area contributed by atoms with E-state index < -0.39 is 0 Å². The van der Waals surface area contributed by atoms with Crippen LogP contribution in [0.5, 0.6) is 0 Å². The first kappa shape index (κ1) is 18.4. The smallest absolute Gasteiger partial charge is 0.228 e. The van der Waals surface area contributed by atoms with Crippen LogP contribution in [-0.2, 0) is 6.42 Å². The highest BCUT2D eigenvalue weighted by atomic mass is 19.1. The molecule has 1 aromatic heterocycles. The lowest BCUT2D eigenvalue weighted by molar-refractivity contribution is 0.607. The van der Waals surface area contributed by atoms with Gasteiger partial charge >= 0.3 is 0 Å². The van der Waals surface area contributed by atoms with E-state index in [-0.39, 0.29) is 11.9 Å². The molecule has 0 bridgehead atoms. The van der Waals surface area contributed by atoms with E-state index in [9.17, 15) is 4.39 Å². The van der Waals surface area contributed by atoms with Crippen molar-refractivity contribution in [3.63, 3.8) is 0 Å². The number of rotatable bonds is 3. The summed E-state index contributed by atoms with van der Waals surface area (Å²) in [5.41, 5.74) is 6.37. The molecule has 1 aliphatic rings. The zero-order valence-corrected chi connectivity index (χ0v) is 16.8. The Morgan fingerprint density at radius 1 is 1.07 bits per heavy atom. The largest absolute Gasteiger partial charge is 0.340 e. The molecule has 28 heavy (non-hydrogen) atoms. The number of benzene rings is 2. The summed E-state index contributed by atoms with van der Waals surface area (Å²) < 4.78 is 13.4. The fourth-order valence-corrected chi connectivity index (χ4v) is 3.80. The van der Waals surface area contributed by atoms with Gasteiger partial charge in [-0.2, -0.15) is 4.98 Å². The Labute approximate surface area is 165 Å². The first-order chi connectivity index (χ1) is 13.4. The van der Waals surface area contributed by atoms with Crippen LogP contribution < -0.4 is 10.2 Å². The molecule has 0 saturated heterocycles. The van der Waals surface area contributed by atoms with Crippen LogP contribution in [0.3, 0.4) is 0 Å². The van der Waals surface area contributed by atoms with Crippen LogP contribution in [0, 0.1) is 26.6 Å². The molecule has 2 heterocycles. The van der Waals surface area contributed by atoms with Gasteiger partial charge in [0.15, 0.2) is 0 Å². The number of aromatic nitrogens is 2. The van der Waals surface area contributed by atoms with E-state index in [0.717, 1.165) is 47.2 Å².